The molecular formula is C13H24ClN5O. The highest BCUT2D eigenvalue weighted by molar-refractivity contribution is 6.31. The van der Waals surface area contributed by atoms with Crippen molar-refractivity contribution >= 4 is 11.6 Å². The number of nitrogens with one attached hydrogen (secondary N) is 1. The molecule has 0 saturated carbocycles. The first-order valence-corrected chi connectivity index (χ1v) is 7.42. The Labute approximate surface area is 125 Å². The van der Waals surface area contributed by atoms with Gasteiger partial charge in [-0.2, -0.15) is 5.10 Å². The molecule has 3 N–H and O–H groups in total. The minimum absolute atomic E-state index is 0.0247. The van der Waals surface area contributed by atoms with Gasteiger partial charge in [0.05, 0.1) is 35.2 Å². The first-order chi connectivity index (χ1) is 9.56. The van der Waals surface area contributed by atoms with Gasteiger partial charge in [0.25, 0.3) is 0 Å². The van der Waals surface area contributed by atoms with Crippen molar-refractivity contribution in [2.24, 2.45) is 5.84 Å². The summed E-state index contributed by atoms with van der Waals surface area (Å²) in [6, 6.07) is 0.0247. The Balaban J connectivity index is 2.13. The van der Waals surface area contributed by atoms with Crippen molar-refractivity contribution in [2.45, 2.75) is 39.0 Å². The number of ether oxygens (including phenoxy) is 1. The van der Waals surface area contributed by atoms with E-state index in [1.807, 2.05) is 11.6 Å². The number of hydrogen-bond donors (Lipinski definition) is 2. The Bertz CT molecular complexity index is 450. The third-order valence-corrected chi connectivity index (χ3v) is 4.32. The fourth-order valence-electron chi connectivity index (χ4n) is 2.62. The van der Waals surface area contributed by atoms with E-state index < -0.39 is 0 Å². The Hall–Kier alpha value is -0.660. The maximum absolute atomic E-state index is 6.36. The Morgan fingerprint density at radius 3 is 2.95 bits per heavy atom. The van der Waals surface area contributed by atoms with Crippen LogP contribution in [0.25, 0.3) is 0 Å². The molecule has 2 heterocycles. The van der Waals surface area contributed by atoms with Gasteiger partial charge in [-0.1, -0.05) is 11.6 Å². The summed E-state index contributed by atoms with van der Waals surface area (Å²) in [7, 11) is 2.09. The van der Waals surface area contributed by atoms with Crippen LogP contribution in [0.1, 0.15) is 18.3 Å². The van der Waals surface area contributed by atoms with Crippen molar-refractivity contribution in [3.8, 4) is 0 Å². The van der Waals surface area contributed by atoms with Crippen LogP contribution in [0.15, 0.2) is 0 Å². The monoisotopic (exact) mass is 301 g/mol. The third-order valence-electron chi connectivity index (χ3n) is 3.83. The van der Waals surface area contributed by atoms with Crippen molar-refractivity contribution < 1.29 is 4.74 Å². The minimum atomic E-state index is 0.0247. The molecule has 1 fully saturated rings. The topological polar surface area (TPSA) is 68.3 Å². The Kier molecular flexibility index (Phi) is 5.40. The summed E-state index contributed by atoms with van der Waals surface area (Å²) in [6.45, 7) is 7.34. The van der Waals surface area contributed by atoms with E-state index >= 15 is 0 Å². The lowest BCUT2D eigenvalue weighted by Gasteiger charge is -2.35. The van der Waals surface area contributed by atoms with Gasteiger partial charge in [-0.05, 0) is 20.9 Å². The maximum atomic E-state index is 6.36. The fraction of sp³-hybridized carbons (Fsp3) is 0.769. The van der Waals surface area contributed by atoms with Crippen LogP contribution >= 0.6 is 11.6 Å². The summed E-state index contributed by atoms with van der Waals surface area (Å²) in [4.78, 5) is 2.25. The Morgan fingerprint density at radius 2 is 2.35 bits per heavy atom. The number of rotatable bonds is 5. The normalized spacial score (nSPS) is 22.1. The van der Waals surface area contributed by atoms with Crippen molar-refractivity contribution in [1.82, 2.24) is 20.1 Å². The van der Waals surface area contributed by atoms with E-state index in [-0.39, 0.29) is 12.1 Å². The van der Waals surface area contributed by atoms with E-state index in [0.29, 0.717) is 6.42 Å². The molecule has 0 aliphatic carbocycles. The van der Waals surface area contributed by atoms with Gasteiger partial charge in [-0.3, -0.25) is 16.0 Å². The lowest BCUT2D eigenvalue weighted by Crippen LogP contribution is -2.54. The molecule has 1 aliphatic heterocycles. The highest BCUT2D eigenvalue weighted by Crippen LogP contribution is 2.23. The highest BCUT2D eigenvalue weighted by atomic mass is 35.5. The number of nitrogens with zero attached hydrogens (tertiary/aromatic N) is 3. The predicted molar refractivity (Wildman–Crippen MR) is 79.7 cm³/mol. The largest absolute Gasteiger partial charge is 0.374 e. The van der Waals surface area contributed by atoms with Crippen molar-refractivity contribution in [3.05, 3.63) is 16.4 Å². The van der Waals surface area contributed by atoms with Gasteiger partial charge in [-0.25, -0.2) is 0 Å². The highest BCUT2D eigenvalue weighted by Gasteiger charge is 2.28. The van der Waals surface area contributed by atoms with Crippen LogP contribution in [0.2, 0.25) is 5.02 Å². The van der Waals surface area contributed by atoms with Crippen LogP contribution < -0.4 is 11.3 Å². The first kappa shape index (κ1) is 15.7. The molecule has 20 heavy (non-hydrogen) atoms. The average Bonchev–Trinajstić information content (AvgIpc) is 2.71. The molecular weight excluding hydrogens is 278 g/mol. The lowest BCUT2D eigenvalue weighted by atomic mass is 10.0. The number of aromatic nitrogens is 2. The van der Waals surface area contributed by atoms with Gasteiger partial charge in [0.2, 0.25) is 0 Å². The van der Waals surface area contributed by atoms with Crippen LogP contribution in [-0.4, -0.2) is 53.6 Å². The molecule has 1 saturated heterocycles. The second-order valence-electron chi connectivity index (χ2n) is 5.31. The summed E-state index contributed by atoms with van der Waals surface area (Å²) in [5.41, 5.74) is 4.76. The molecule has 1 aromatic rings. The minimum Gasteiger partial charge on any atom is -0.374 e. The molecule has 7 heteroatoms. The van der Waals surface area contributed by atoms with Crippen LogP contribution in [0.5, 0.6) is 0 Å². The number of aryl methyl sites for hydroxylation is 2. The van der Waals surface area contributed by atoms with E-state index in [1.54, 1.807) is 0 Å². The van der Waals surface area contributed by atoms with Gasteiger partial charge < -0.3 is 9.64 Å². The molecule has 0 spiro atoms. The third kappa shape index (κ3) is 3.32. The predicted octanol–water partition coefficient (Wildman–Crippen LogP) is 0.570. The second-order valence-corrected chi connectivity index (χ2v) is 5.69. The van der Waals surface area contributed by atoms with E-state index in [2.05, 4.69) is 29.4 Å². The van der Waals surface area contributed by atoms with Crippen molar-refractivity contribution in [2.75, 3.05) is 26.7 Å². The smallest absolute Gasteiger partial charge is 0.0872 e. The van der Waals surface area contributed by atoms with Gasteiger partial charge >= 0.3 is 0 Å². The zero-order valence-corrected chi connectivity index (χ0v) is 13.2. The van der Waals surface area contributed by atoms with E-state index in [0.717, 1.165) is 42.7 Å². The number of hydrazine groups is 1. The molecule has 0 radical (unpaired) electrons. The molecule has 6 nitrogen and oxygen atoms in total. The number of halogens is 1. The summed E-state index contributed by atoms with van der Waals surface area (Å²) in [5, 5.41) is 5.17. The first-order valence-electron chi connectivity index (χ1n) is 7.04. The summed E-state index contributed by atoms with van der Waals surface area (Å²) in [6.07, 6.45) is 0.776. The van der Waals surface area contributed by atoms with Crippen molar-refractivity contribution in [3.63, 3.8) is 0 Å². The Morgan fingerprint density at radius 1 is 1.60 bits per heavy atom. The quantitative estimate of drug-likeness (QED) is 0.615. The zero-order valence-electron chi connectivity index (χ0n) is 12.4. The van der Waals surface area contributed by atoms with Crippen LogP contribution in [0.4, 0.5) is 0 Å². The summed E-state index contributed by atoms with van der Waals surface area (Å²) < 4.78 is 7.78. The zero-order chi connectivity index (χ0) is 14.7. The number of nitrogens with two attached hydrogens (primary N) is 1. The van der Waals surface area contributed by atoms with Gasteiger partial charge in [0.1, 0.15) is 0 Å². The average molecular weight is 302 g/mol. The summed E-state index contributed by atoms with van der Waals surface area (Å²) in [5.74, 6) is 5.72. The van der Waals surface area contributed by atoms with Crippen LogP contribution in [-0.2, 0) is 17.7 Å². The molecule has 114 valence electrons. The van der Waals surface area contributed by atoms with Crippen LogP contribution in [0, 0.1) is 6.92 Å². The molecule has 2 atom stereocenters. The van der Waals surface area contributed by atoms with Crippen LogP contribution in [0.3, 0.4) is 0 Å². The number of hydrogen-bond acceptors (Lipinski definition) is 5. The molecule has 2 rings (SSSR count). The molecule has 1 aromatic heterocycles. The fourth-order valence-corrected chi connectivity index (χ4v) is 2.84. The van der Waals surface area contributed by atoms with Gasteiger partial charge in [-0.15, -0.1) is 0 Å². The molecule has 2 unspecified atom stereocenters. The number of likely N-dealkylation sites (N-methyl/N-ethyl adjacent to an activating group) is 1. The SMILES string of the molecule is CCn1nc(C)c(Cl)c1CC(NN)C1CN(C)CCO1. The number of morpholine rings is 1. The molecule has 0 bridgehead atoms. The lowest BCUT2D eigenvalue weighted by molar-refractivity contribution is -0.0387. The van der Waals surface area contributed by atoms with E-state index in [9.17, 15) is 0 Å². The second kappa shape index (κ2) is 6.87. The maximum Gasteiger partial charge on any atom is 0.0872 e. The van der Waals surface area contributed by atoms with Gasteiger partial charge in [0.15, 0.2) is 0 Å². The van der Waals surface area contributed by atoms with Gasteiger partial charge in [0, 0.05) is 26.1 Å². The van der Waals surface area contributed by atoms with Crippen molar-refractivity contribution in [1.29, 1.82) is 0 Å². The summed E-state index contributed by atoms with van der Waals surface area (Å²) >= 11 is 6.36. The molecule has 1 aliphatic rings. The van der Waals surface area contributed by atoms with E-state index in [1.165, 1.54) is 0 Å². The van der Waals surface area contributed by atoms with E-state index in [4.69, 9.17) is 22.2 Å². The molecule has 0 amide bonds. The molecule has 0 aromatic carbocycles. The standard InChI is InChI=1S/C13H24ClN5O/c1-4-19-11(13(14)9(2)17-19)7-10(16-15)12-8-18(3)5-6-20-12/h10,12,16H,4-8,15H2,1-3H3.